The van der Waals surface area contributed by atoms with Crippen molar-refractivity contribution < 1.29 is 9.59 Å². The number of amides is 2. The third-order valence-corrected chi connectivity index (χ3v) is 4.71. The van der Waals surface area contributed by atoms with E-state index in [0.717, 1.165) is 24.6 Å². The molecule has 0 unspecified atom stereocenters. The third-order valence-electron chi connectivity index (χ3n) is 4.71. The minimum atomic E-state index is -0.679. The minimum absolute atomic E-state index is 0.0678. The van der Waals surface area contributed by atoms with Crippen LogP contribution in [0.2, 0.25) is 0 Å². The lowest BCUT2D eigenvalue weighted by atomic mass is 10.1. The summed E-state index contributed by atoms with van der Waals surface area (Å²) in [5, 5.41) is 2.09. The standard InChI is InChI=1S/C17H14N6O5/c1-20-16(27)23(17(28)21(20)2)9-5-3-8(4-6-9)22-11(24)7-10-12(13(22)18)15(26)19-14(10)25/h3-7H,18H2,1-2H3,(H,19,25,26). The van der Waals surface area contributed by atoms with Crippen LogP contribution >= 0.6 is 0 Å². The molecule has 0 spiro atoms. The molecular weight excluding hydrogens is 368 g/mol. The van der Waals surface area contributed by atoms with Crippen LogP contribution in [0.5, 0.6) is 0 Å². The van der Waals surface area contributed by atoms with Crippen molar-refractivity contribution in [1.29, 1.82) is 0 Å². The first-order chi connectivity index (χ1) is 13.2. The van der Waals surface area contributed by atoms with Crippen LogP contribution in [0.25, 0.3) is 11.4 Å². The second-order valence-electron chi connectivity index (χ2n) is 6.24. The number of nitrogens with zero attached hydrogens (tertiary/aromatic N) is 4. The number of hydrogen-bond acceptors (Lipinski definition) is 6. The van der Waals surface area contributed by atoms with Crippen molar-refractivity contribution in [3.8, 4) is 11.4 Å². The molecule has 1 aliphatic heterocycles. The Bertz CT molecular complexity index is 1320. The topological polar surface area (TPSA) is 143 Å². The Morgan fingerprint density at radius 3 is 1.82 bits per heavy atom. The smallest absolute Gasteiger partial charge is 0.351 e. The third kappa shape index (κ3) is 2.19. The summed E-state index contributed by atoms with van der Waals surface area (Å²) in [7, 11) is 2.93. The summed E-state index contributed by atoms with van der Waals surface area (Å²) in [5.74, 6) is -1.53. The first-order valence-electron chi connectivity index (χ1n) is 8.09. The van der Waals surface area contributed by atoms with E-state index in [1.807, 2.05) is 0 Å². The predicted octanol–water partition coefficient (Wildman–Crippen LogP) is -1.51. The van der Waals surface area contributed by atoms with Crippen LogP contribution in [0, 0.1) is 0 Å². The van der Waals surface area contributed by atoms with Crippen LogP contribution in [0.4, 0.5) is 5.82 Å². The van der Waals surface area contributed by atoms with E-state index < -0.39 is 28.8 Å². The molecule has 3 heterocycles. The number of carbonyl (C=O) groups is 2. The highest BCUT2D eigenvalue weighted by Gasteiger charge is 2.31. The molecule has 4 rings (SSSR count). The largest absolute Gasteiger partial charge is 0.384 e. The first kappa shape index (κ1) is 17.3. The average Bonchev–Trinajstić information content (AvgIpc) is 3.04. The van der Waals surface area contributed by atoms with Gasteiger partial charge < -0.3 is 5.73 Å². The molecule has 0 saturated heterocycles. The van der Waals surface area contributed by atoms with Crippen molar-refractivity contribution in [2.24, 2.45) is 14.1 Å². The van der Waals surface area contributed by atoms with Crippen molar-refractivity contribution in [3.63, 3.8) is 0 Å². The molecule has 3 aromatic rings. The lowest BCUT2D eigenvalue weighted by molar-refractivity contribution is 0.0880. The summed E-state index contributed by atoms with van der Waals surface area (Å²) in [6, 6.07) is 6.95. The Hall–Kier alpha value is -4.15. The summed E-state index contributed by atoms with van der Waals surface area (Å²) >= 11 is 0. The van der Waals surface area contributed by atoms with Gasteiger partial charge in [-0.25, -0.2) is 23.5 Å². The number of anilines is 1. The number of nitrogens with one attached hydrogen (secondary N) is 1. The first-order valence-corrected chi connectivity index (χ1v) is 8.09. The van der Waals surface area contributed by atoms with E-state index in [0.29, 0.717) is 11.4 Å². The SMILES string of the molecule is Cn1c(=O)n(-c2ccc(-n3c(N)c4c(cc3=O)C(=O)NC4=O)cc2)c(=O)n1C. The molecule has 0 bridgehead atoms. The summed E-state index contributed by atoms with van der Waals surface area (Å²) in [5.41, 5.74) is 4.81. The molecule has 1 aromatic carbocycles. The van der Waals surface area contributed by atoms with E-state index in [4.69, 9.17) is 5.73 Å². The zero-order valence-electron chi connectivity index (χ0n) is 14.8. The van der Waals surface area contributed by atoms with Gasteiger partial charge in [-0.05, 0) is 24.3 Å². The molecular formula is C17H14N6O5. The fraction of sp³-hybridized carbons (Fsp3) is 0.118. The Kier molecular flexibility index (Phi) is 3.50. The highest BCUT2D eigenvalue weighted by molar-refractivity contribution is 6.23. The van der Waals surface area contributed by atoms with Crippen LogP contribution in [0.15, 0.2) is 44.7 Å². The van der Waals surface area contributed by atoms with Crippen molar-refractivity contribution >= 4 is 17.6 Å². The molecule has 2 amide bonds. The van der Waals surface area contributed by atoms with Gasteiger partial charge in [-0.15, -0.1) is 0 Å². The monoisotopic (exact) mass is 382 g/mol. The molecule has 11 heteroatoms. The second-order valence-corrected chi connectivity index (χ2v) is 6.24. The van der Waals surface area contributed by atoms with Crippen molar-refractivity contribution in [2.45, 2.75) is 0 Å². The zero-order valence-corrected chi connectivity index (χ0v) is 14.8. The maximum Gasteiger partial charge on any atom is 0.351 e. The fourth-order valence-corrected chi connectivity index (χ4v) is 3.15. The van der Waals surface area contributed by atoms with Gasteiger partial charge in [-0.3, -0.25) is 24.3 Å². The van der Waals surface area contributed by atoms with Gasteiger partial charge >= 0.3 is 11.4 Å². The Labute approximate surface area is 155 Å². The summed E-state index contributed by atoms with van der Waals surface area (Å²) in [6.07, 6.45) is 0. The number of rotatable bonds is 2. The fourth-order valence-electron chi connectivity index (χ4n) is 3.15. The van der Waals surface area contributed by atoms with Crippen LogP contribution in [-0.4, -0.2) is 30.3 Å². The van der Waals surface area contributed by atoms with E-state index in [-0.39, 0.29) is 16.9 Å². The summed E-state index contributed by atoms with van der Waals surface area (Å²) < 4.78 is 4.38. The van der Waals surface area contributed by atoms with Crippen LogP contribution in [0.3, 0.4) is 0 Å². The number of pyridine rings is 1. The van der Waals surface area contributed by atoms with E-state index in [1.54, 1.807) is 0 Å². The highest BCUT2D eigenvalue weighted by atomic mass is 16.2. The van der Waals surface area contributed by atoms with Gasteiger partial charge in [0.1, 0.15) is 5.82 Å². The molecule has 2 aromatic heterocycles. The number of carbonyl (C=O) groups excluding carboxylic acids is 2. The average molecular weight is 382 g/mol. The number of benzene rings is 1. The van der Waals surface area contributed by atoms with Gasteiger partial charge in [-0.2, -0.15) is 0 Å². The predicted molar refractivity (Wildman–Crippen MR) is 98.1 cm³/mol. The number of hydrogen-bond donors (Lipinski definition) is 2. The molecule has 142 valence electrons. The second kappa shape index (κ2) is 5.67. The maximum atomic E-state index is 12.4. The summed E-state index contributed by atoms with van der Waals surface area (Å²) in [6.45, 7) is 0. The van der Waals surface area contributed by atoms with Crippen LogP contribution in [0.1, 0.15) is 20.7 Å². The van der Waals surface area contributed by atoms with Crippen LogP contribution in [-0.2, 0) is 14.1 Å². The molecule has 0 atom stereocenters. The lowest BCUT2D eigenvalue weighted by Crippen LogP contribution is -2.27. The number of nitrogens with two attached hydrogens (primary N) is 1. The van der Waals surface area contributed by atoms with Crippen molar-refractivity contribution in [3.05, 3.63) is 72.8 Å². The minimum Gasteiger partial charge on any atom is -0.384 e. The molecule has 1 aliphatic rings. The Morgan fingerprint density at radius 1 is 0.786 bits per heavy atom. The summed E-state index contributed by atoms with van der Waals surface area (Å²) in [4.78, 5) is 60.5. The van der Waals surface area contributed by atoms with E-state index in [1.165, 1.54) is 38.4 Å². The van der Waals surface area contributed by atoms with Gasteiger partial charge in [0.25, 0.3) is 17.4 Å². The molecule has 0 radical (unpaired) electrons. The van der Waals surface area contributed by atoms with Crippen molar-refractivity contribution in [1.82, 2.24) is 23.8 Å². The highest BCUT2D eigenvalue weighted by Crippen LogP contribution is 2.23. The number of imide groups is 1. The van der Waals surface area contributed by atoms with Crippen LogP contribution < -0.4 is 28.0 Å². The van der Waals surface area contributed by atoms with E-state index >= 15 is 0 Å². The molecule has 3 N–H and O–H groups in total. The van der Waals surface area contributed by atoms with Gasteiger partial charge in [0.05, 0.1) is 22.5 Å². The lowest BCUT2D eigenvalue weighted by Gasteiger charge is -2.12. The van der Waals surface area contributed by atoms with Gasteiger partial charge in [0.2, 0.25) is 0 Å². The zero-order chi connectivity index (χ0) is 20.3. The Morgan fingerprint density at radius 2 is 1.29 bits per heavy atom. The molecule has 0 aliphatic carbocycles. The molecule has 11 nitrogen and oxygen atoms in total. The normalized spacial score (nSPS) is 12.9. The maximum absolute atomic E-state index is 12.4. The van der Waals surface area contributed by atoms with Gasteiger partial charge in [0.15, 0.2) is 0 Å². The molecule has 0 fully saturated rings. The quantitative estimate of drug-likeness (QED) is 0.516. The van der Waals surface area contributed by atoms with Crippen molar-refractivity contribution in [2.75, 3.05) is 5.73 Å². The van der Waals surface area contributed by atoms with E-state index in [9.17, 15) is 24.0 Å². The van der Waals surface area contributed by atoms with Gasteiger partial charge in [-0.1, -0.05) is 0 Å². The molecule has 28 heavy (non-hydrogen) atoms. The van der Waals surface area contributed by atoms with E-state index in [2.05, 4.69) is 5.32 Å². The number of fused-ring (bicyclic) bond motifs is 1. The Balaban J connectivity index is 1.87. The van der Waals surface area contributed by atoms with Gasteiger partial charge in [0, 0.05) is 20.2 Å². The number of nitrogen functional groups attached to an aromatic ring is 1. The number of aromatic nitrogens is 4. The molecule has 0 saturated carbocycles.